The fraction of sp³-hybridized carbons (Fsp3) is 0.571. The van der Waals surface area contributed by atoms with Crippen LogP contribution in [0, 0.1) is 5.41 Å². The number of amides is 2. The second kappa shape index (κ2) is 13.2. The molecular formula is C35H49N5O4. The molecule has 0 unspecified atom stereocenters. The highest BCUT2D eigenvalue weighted by Crippen LogP contribution is 2.43. The molecule has 0 aliphatic carbocycles. The van der Waals surface area contributed by atoms with Gasteiger partial charge in [0.05, 0.1) is 18.5 Å². The molecule has 0 bridgehead atoms. The summed E-state index contributed by atoms with van der Waals surface area (Å²) < 4.78 is 12.6. The van der Waals surface area contributed by atoms with E-state index in [0.717, 1.165) is 61.8 Å². The van der Waals surface area contributed by atoms with Crippen LogP contribution in [0.3, 0.4) is 0 Å². The van der Waals surface area contributed by atoms with Gasteiger partial charge in [-0.2, -0.15) is 0 Å². The zero-order chi connectivity index (χ0) is 31.5. The Morgan fingerprint density at radius 3 is 2.55 bits per heavy atom. The average Bonchev–Trinajstić information content (AvgIpc) is 2.99. The molecule has 0 radical (unpaired) electrons. The largest absolute Gasteiger partial charge is 0.490 e. The normalized spacial score (nSPS) is 23.5. The molecule has 9 nitrogen and oxygen atoms in total. The highest BCUT2D eigenvalue weighted by atomic mass is 16.5. The van der Waals surface area contributed by atoms with Gasteiger partial charge in [0, 0.05) is 35.1 Å². The predicted molar refractivity (Wildman–Crippen MR) is 172 cm³/mol. The lowest BCUT2D eigenvalue weighted by Crippen LogP contribution is -2.63. The number of benzene rings is 2. The number of unbranched alkanes of at least 4 members (excludes halogenated alkanes) is 3. The summed E-state index contributed by atoms with van der Waals surface area (Å²) in [4.78, 5) is 29.1. The summed E-state index contributed by atoms with van der Waals surface area (Å²) in [6, 6.07) is 12.7. The number of rotatable bonds is 11. The van der Waals surface area contributed by atoms with Gasteiger partial charge in [-0.3, -0.25) is 19.9 Å². The van der Waals surface area contributed by atoms with Crippen molar-refractivity contribution in [2.24, 2.45) is 5.73 Å². The van der Waals surface area contributed by atoms with Crippen LogP contribution in [-0.2, 0) is 4.79 Å². The molecule has 0 spiro atoms. The van der Waals surface area contributed by atoms with E-state index in [9.17, 15) is 9.59 Å². The van der Waals surface area contributed by atoms with Crippen molar-refractivity contribution in [3.05, 3.63) is 59.2 Å². The fourth-order valence-corrected chi connectivity index (χ4v) is 6.99. The van der Waals surface area contributed by atoms with E-state index < -0.39 is 17.2 Å². The van der Waals surface area contributed by atoms with E-state index in [2.05, 4.69) is 24.5 Å². The monoisotopic (exact) mass is 603 g/mol. The van der Waals surface area contributed by atoms with E-state index in [4.69, 9.17) is 20.6 Å². The Morgan fingerprint density at radius 2 is 1.82 bits per heavy atom. The molecule has 3 atom stereocenters. The first-order valence-electron chi connectivity index (χ1n) is 16.4. The predicted octanol–water partition coefficient (Wildman–Crippen LogP) is 6.14. The van der Waals surface area contributed by atoms with E-state index in [1.807, 2.05) is 50.2 Å². The van der Waals surface area contributed by atoms with E-state index in [1.54, 1.807) is 11.0 Å². The standard InChI is InChI=1S/C35H49N5O4/c1-5-35(6-2)22-31(41)40(33(37)39-35)28-20-24(13-9-7-8-12-18-36)43-29-17-16-23(19-26(28)29)32(42)38-27-21-34(3,4)44-30-15-11-10-14-25(27)30/h10-11,14-17,19,24,27-28H,5-9,12-13,18,20-22,36H2,1-4H3,(H2,37,39)(H,38,42)/t24-,27+,28-/m1/s1. The molecular weight excluding hydrogens is 554 g/mol. The van der Waals surface area contributed by atoms with Crippen molar-refractivity contribution in [1.82, 2.24) is 15.5 Å². The topological polar surface area (TPSA) is 130 Å². The van der Waals surface area contributed by atoms with Crippen molar-refractivity contribution >= 4 is 17.8 Å². The smallest absolute Gasteiger partial charge is 0.251 e. The summed E-state index contributed by atoms with van der Waals surface area (Å²) >= 11 is 0. The van der Waals surface area contributed by atoms with Crippen LogP contribution in [0.5, 0.6) is 11.5 Å². The second-order valence-electron chi connectivity index (χ2n) is 13.3. The summed E-state index contributed by atoms with van der Waals surface area (Å²) in [6.07, 6.45) is 8.02. The van der Waals surface area contributed by atoms with Crippen LogP contribution in [0.15, 0.2) is 42.5 Å². The van der Waals surface area contributed by atoms with Crippen LogP contribution >= 0.6 is 0 Å². The molecule has 5 rings (SSSR count). The van der Waals surface area contributed by atoms with Gasteiger partial charge in [0.25, 0.3) is 5.91 Å². The molecule has 0 saturated carbocycles. The summed E-state index contributed by atoms with van der Waals surface area (Å²) in [5, 5.41) is 15.6. The molecule has 3 aliphatic rings. The van der Waals surface area contributed by atoms with Crippen LogP contribution in [0.4, 0.5) is 0 Å². The maximum atomic E-state index is 13.7. The molecule has 9 heteroatoms. The lowest BCUT2D eigenvalue weighted by Gasteiger charge is -2.46. The molecule has 2 amide bonds. The van der Waals surface area contributed by atoms with Crippen molar-refractivity contribution in [3.8, 4) is 11.5 Å². The molecule has 5 N–H and O–H groups in total. The van der Waals surface area contributed by atoms with Crippen LogP contribution in [0.1, 0.15) is 125 Å². The lowest BCUT2D eigenvalue weighted by atomic mass is 9.85. The Kier molecular flexibility index (Phi) is 9.53. The van der Waals surface area contributed by atoms with Gasteiger partial charge < -0.3 is 25.8 Å². The zero-order valence-corrected chi connectivity index (χ0v) is 26.7. The van der Waals surface area contributed by atoms with Gasteiger partial charge in [-0.05, 0) is 76.8 Å². The molecule has 238 valence electrons. The van der Waals surface area contributed by atoms with E-state index in [0.29, 0.717) is 37.1 Å². The second-order valence-corrected chi connectivity index (χ2v) is 13.3. The first-order valence-corrected chi connectivity index (χ1v) is 16.4. The molecule has 0 aromatic heterocycles. The minimum Gasteiger partial charge on any atom is -0.490 e. The van der Waals surface area contributed by atoms with Crippen molar-refractivity contribution in [3.63, 3.8) is 0 Å². The van der Waals surface area contributed by atoms with Crippen molar-refractivity contribution in [2.75, 3.05) is 6.54 Å². The van der Waals surface area contributed by atoms with Gasteiger partial charge in [-0.15, -0.1) is 0 Å². The number of carbonyl (C=O) groups is 2. The first-order chi connectivity index (χ1) is 21.1. The molecule has 3 heterocycles. The van der Waals surface area contributed by atoms with Gasteiger partial charge in [0.15, 0.2) is 5.96 Å². The van der Waals surface area contributed by atoms with Crippen LogP contribution < -0.4 is 25.8 Å². The Hall–Kier alpha value is -3.59. The summed E-state index contributed by atoms with van der Waals surface area (Å²) in [6.45, 7) is 8.87. The summed E-state index contributed by atoms with van der Waals surface area (Å²) in [5.74, 6) is 1.33. The first kappa shape index (κ1) is 31.8. The van der Waals surface area contributed by atoms with Gasteiger partial charge in [0.1, 0.15) is 23.2 Å². The van der Waals surface area contributed by atoms with Crippen LogP contribution in [0.2, 0.25) is 0 Å². The molecule has 1 saturated heterocycles. The quantitative estimate of drug-likeness (QED) is 0.229. The molecule has 1 fully saturated rings. The van der Waals surface area contributed by atoms with Crippen molar-refractivity contribution < 1.29 is 19.1 Å². The fourth-order valence-electron chi connectivity index (χ4n) is 6.99. The number of carbonyl (C=O) groups excluding carboxylic acids is 2. The number of nitrogens with zero attached hydrogens (tertiary/aromatic N) is 1. The van der Waals surface area contributed by atoms with E-state index >= 15 is 0 Å². The maximum absolute atomic E-state index is 13.7. The Bertz CT molecular complexity index is 1350. The van der Waals surface area contributed by atoms with Gasteiger partial charge in [-0.1, -0.05) is 44.9 Å². The minimum atomic E-state index is -0.422. The third-order valence-corrected chi connectivity index (χ3v) is 9.62. The summed E-state index contributed by atoms with van der Waals surface area (Å²) in [5.41, 5.74) is 7.07. The number of hydrogen-bond donors (Lipinski definition) is 4. The number of fused-ring (bicyclic) bond motifs is 2. The number of hydrogen-bond acceptors (Lipinski definition) is 6. The van der Waals surface area contributed by atoms with Gasteiger partial charge in [-0.25, -0.2) is 0 Å². The minimum absolute atomic E-state index is 0.0621. The lowest BCUT2D eigenvalue weighted by molar-refractivity contribution is -0.133. The Labute approximate surface area is 261 Å². The SMILES string of the molecule is CCC1(CC)CC(=O)N([C@@H]2C[C@@H](CCCCCCN)Oc3ccc(C(=O)N[C@H]4CC(C)(C)Oc5ccccc54)cc32)C(=N)N1. The highest BCUT2D eigenvalue weighted by molar-refractivity contribution is 6.00. The van der Waals surface area contributed by atoms with Crippen LogP contribution in [-0.4, -0.2) is 46.5 Å². The van der Waals surface area contributed by atoms with Gasteiger partial charge >= 0.3 is 0 Å². The highest BCUT2D eigenvalue weighted by Gasteiger charge is 2.45. The maximum Gasteiger partial charge on any atom is 0.251 e. The van der Waals surface area contributed by atoms with Crippen molar-refractivity contribution in [1.29, 1.82) is 5.41 Å². The Morgan fingerprint density at radius 1 is 1.07 bits per heavy atom. The molecule has 44 heavy (non-hydrogen) atoms. The molecule has 2 aromatic carbocycles. The zero-order valence-electron chi connectivity index (χ0n) is 26.7. The third-order valence-electron chi connectivity index (χ3n) is 9.62. The number of para-hydroxylation sites is 1. The average molecular weight is 604 g/mol. The van der Waals surface area contributed by atoms with Gasteiger partial charge in [0.2, 0.25) is 5.91 Å². The molecule has 2 aromatic rings. The Balaban J connectivity index is 1.41. The third kappa shape index (κ3) is 6.72. The number of nitrogens with two attached hydrogens (primary N) is 1. The van der Waals surface area contributed by atoms with E-state index in [-0.39, 0.29) is 29.9 Å². The van der Waals surface area contributed by atoms with Crippen LogP contribution in [0.25, 0.3) is 0 Å². The number of guanidine groups is 1. The summed E-state index contributed by atoms with van der Waals surface area (Å²) in [7, 11) is 0. The number of nitrogens with one attached hydrogen (secondary N) is 3. The molecule has 3 aliphatic heterocycles. The number of ether oxygens (including phenoxy) is 2. The van der Waals surface area contributed by atoms with Crippen molar-refractivity contribution in [2.45, 2.75) is 121 Å². The van der Waals surface area contributed by atoms with E-state index in [1.165, 1.54) is 0 Å².